The van der Waals surface area contributed by atoms with Gasteiger partial charge in [-0.1, -0.05) is 26.8 Å². The normalized spacial score (nSPS) is 18.4. The standard InChI is InChI=1S/C27H31FN6OS/c1-15(2)19-12-16(3)24(35)22-17(4)25(36-26(19)22)23-20(28)14-30-27(32-23)31-21-7-6-18(13-29-21)34-10-8-33(5)9-11-34/h6-7,12-16H,8-11H2,1-5H3,(H,29,30,31,32). The molecule has 9 heteroatoms. The number of piperazine rings is 1. The van der Waals surface area contributed by atoms with E-state index < -0.39 is 5.82 Å². The van der Waals surface area contributed by atoms with Crippen LogP contribution in [0.3, 0.4) is 0 Å². The molecule has 1 atom stereocenters. The highest BCUT2D eigenvalue weighted by atomic mass is 32.1. The number of halogens is 1. The van der Waals surface area contributed by atoms with Crippen LogP contribution in [-0.4, -0.2) is 58.9 Å². The van der Waals surface area contributed by atoms with Crippen LogP contribution < -0.4 is 10.2 Å². The van der Waals surface area contributed by atoms with Gasteiger partial charge in [0.25, 0.3) is 0 Å². The number of carbonyl (C=O) groups excluding carboxylic acids is 1. The van der Waals surface area contributed by atoms with Crippen molar-refractivity contribution in [2.45, 2.75) is 27.7 Å². The van der Waals surface area contributed by atoms with Crippen molar-refractivity contribution in [3.05, 3.63) is 52.4 Å². The number of thiophene rings is 1. The lowest BCUT2D eigenvalue weighted by Gasteiger charge is -2.33. The summed E-state index contributed by atoms with van der Waals surface area (Å²) >= 11 is 1.43. The second-order valence-electron chi connectivity index (χ2n) is 9.90. The Labute approximate surface area is 215 Å². The third kappa shape index (κ3) is 4.53. The molecular weight excluding hydrogens is 475 g/mol. The minimum atomic E-state index is -0.517. The summed E-state index contributed by atoms with van der Waals surface area (Å²) in [6.07, 6.45) is 5.04. The van der Waals surface area contributed by atoms with Gasteiger partial charge in [-0.25, -0.2) is 19.3 Å². The van der Waals surface area contributed by atoms with Crippen molar-refractivity contribution in [1.29, 1.82) is 0 Å². The zero-order valence-corrected chi connectivity index (χ0v) is 22.1. The van der Waals surface area contributed by atoms with E-state index in [9.17, 15) is 9.18 Å². The monoisotopic (exact) mass is 506 g/mol. The van der Waals surface area contributed by atoms with E-state index in [1.807, 2.05) is 38.3 Å². The largest absolute Gasteiger partial charge is 0.368 e. The van der Waals surface area contributed by atoms with Crippen LogP contribution in [0.15, 0.2) is 30.6 Å². The molecule has 0 amide bonds. The van der Waals surface area contributed by atoms with Gasteiger partial charge in [-0.2, -0.15) is 0 Å². The second-order valence-corrected chi connectivity index (χ2v) is 10.9. The number of pyridine rings is 1. The Balaban J connectivity index is 1.42. The lowest BCUT2D eigenvalue weighted by atomic mass is 9.83. The van der Waals surface area contributed by atoms with Gasteiger partial charge in [-0.05, 0) is 43.2 Å². The molecule has 0 bridgehead atoms. The molecule has 1 aliphatic carbocycles. The van der Waals surface area contributed by atoms with Gasteiger partial charge in [0.2, 0.25) is 5.95 Å². The number of rotatable bonds is 5. The molecule has 3 aromatic heterocycles. The molecule has 36 heavy (non-hydrogen) atoms. The first-order valence-corrected chi connectivity index (χ1v) is 13.1. The molecule has 1 aliphatic heterocycles. The fourth-order valence-electron chi connectivity index (χ4n) is 4.76. The zero-order valence-electron chi connectivity index (χ0n) is 21.3. The number of nitrogens with one attached hydrogen (secondary N) is 1. The van der Waals surface area contributed by atoms with Crippen LogP contribution in [-0.2, 0) is 0 Å². The number of allylic oxidation sites excluding steroid dienone is 2. The molecule has 1 N–H and O–H groups in total. The molecule has 0 spiro atoms. The van der Waals surface area contributed by atoms with Crippen molar-refractivity contribution in [2.75, 3.05) is 43.4 Å². The van der Waals surface area contributed by atoms with Crippen molar-refractivity contribution in [2.24, 2.45) is 11.8 Å². The Morgan fingerprint density at radius 1 is 1.11 bits per heavy atom. The van der Waals surface area contributed by atoms with Gasteiger partial charge in [0.05, 0.1) is 23.0 Å². The van der Waals surface area contributed by atoms with E-state index >= 15 is 0 Å². The number of anilines is 3. The summed E-state index contributed by atoms with van der Waals surface area (Å²) in [6.45, 7) is 12.0. The van der Waals surface area contributed by atoms with Gasteiger partial charge < -0.3 is 15.1 Å². The SMILES string of the molecule is Cc1c(-c2nc(Nc3ccc(N4CCN(C)CC4)cn3)ncc2F)sc2c1C(=O)C(C)C=C2C(C)C. The number of ketones is 1. The number of carbonyl (C=O) groups is 1. The van der Waals surface area contributed by atoms with E-state index in [-0.39, 0.29) is 29.3 Å². The van der Waals surface area contributed by atoms with Crippen LogP contribution in [0.2, 0.25) is 0 Å². The summed E-state index contributed by atoms with van der Waals surface area (Å²) < 4.78 is 15.0. The fraction of sp³-hybridized carbons (Fsp3) is 0.407. The molecule has 1 fully saturated rings. The topological polar surface area (TPSA) is 74.2 Å². The molecule has 2 aliphatic rings. The zero-order chi connectivity index (χ0) is 25.6. The number of hydrogen-bond acceptors (Lipinski definition) is 8. The van der Waals surface area contributed by atoms with Crippen molar-refractivity contribution >= 4 is 40.1 Å². The molecule has 4 heterocycles. The summed E-state index contributed by atoms with van der Waals surface area (Å²) in [5.41, 5.74) is 3.87. The van der Waals surface area contributed by atoms with Crippen molar-refractivity contribution in [3.8, 4) is 10.6 Å². The number of hydrogen-bond donors (Lipinski definition) is 1. The predicted octanol–water partition coefficient (Wildman–Crippen LogP) is 5.41. The molecule has 0 saturated carbocycles. The van der Waals surface area contributed by atoms with Gasteiger partial charge in [0, 0.05) is 42.5 Å². The number of nitrogens with zero attached hydrogens (tertiary/aromatic N) is 5. The van der Waals surface area contributed by atoms with Gasteiger partial charge in [0.1, 0.15) is 11.5 Å². The Bertz CT molecular complexity index is 1320. The van der Waals surface area contributed by atoms with Gasteiger partial charge >= 0.3 is 0 Å². The highest BCUT2D eigenvalue weighted by Gasteiger charge is 2.32. The number of fused-ring (bicyclic) bond motifs is 1. The van der Waals surface area contributed by atoms with E-state index in [0.717, 1.165) is 47.9 Å². The third-order valence-electron chi connectivity index (χ3n) is 6.94. The van der Waals surface area contributed by atoms with Gasteiger partial charge in [0.15, 0.2) is 11.6 Å². The first-order valence-electron chi connectivity index (χ1n) is 12.3. The fourth-order valence-corrected chi connectivity index (χ4v) is 6.23. The summed E-state index contributed by atoms with van der Waals surface area (Å²) in [5, 5.41) is 3.10. The Morgan fingerprint density at radius 2 is 1.86 bits per heavy atom. The first kappa shape index (κ1) is 24.5. The third-order valence-corrected chi connectivity index (χ3v) is 8.28. The molecule has 1 saturated heterocycles. The molecule has 5 rings (SSSR count). The number of Topliss-reactive ketones (excluding diaryl/α,β-unsaturated/α-hetero) is 1. The minimum absolute atomic E-state index is 0.0758. The van der Waals surface area contributed by atoms with Crippen LogP contribution in [0.25, 0.3) is 16.1 Å². The maximum atomic E-state index is 15.0. The van der Waals surface area contributed by atoms with Gasteiger partial charge in [-0.3, -0.25) is 4.79 Å². The summed E-state index contributed by atoms with van der Waals surface area (Å²) in [5.74, 6) is 0.474. The van der Waals surface area contributed by atoms with E-state index in [1.54, 1.807) is 0 Å². The molecular formula is C27H31FN6OS. The Kier molecular flexibility index (Phi) is 6.61. The first-order chi connectivity index (χ1) is 17.2. The predicted molar refractivity (Wildman–Crippen MR) is 144 cm³/mol. The smallest absolute Gasteiger partial charge is 0.229 e. The Morgan fingerprint density at radius 3 is 2.53 bits per heavy atom. The van der Waals surface area contributed by atoms with E-state index in [2.05, 4.69) is 51.0 Å². The average Bonchev–Trinajstić information content (AvgIpc) is 3.20. The van der Waals surface area contributed by atoms with E-state index in [4.69, 9.17) is 0 Å². The van der Waals surface area contributed by atoms with Crippen LogP contribution >= 0.6 is 11.3 Å². The maximum Gasteiger partial charge on any atom is 0.229 e. The van der Waals surface area contributed by atoms with Crippen LogP contribution in [0, 0.1) is 24.6 Å². The molecule has 3 aromatic rings. The van der Waals surface area contributed by atoms with Crippen LogP contribution in [0.1, 0.15) is 41.6 Å². The van der Waals surface area contributed by atoms with E-state index in [0.29, 0.717) is 16.3 Å². The average molecular weight is 507 g/mol. The number of likely N-dealkylation sites (N-methyl/N-ethyl adjacent to an activating group) is 1. The van der Waals surface area contributed by atoms with Crippen LogP contribution in [0.5, 0.6) is 0 Å². The van der Waals surface area contributed by atoms with Crippen molar-refractivity contribution < 1.29 is 9.18 Å². The second kappa shape index (κ2) is 9.71. The van der Waals surface area contributed by atoms with Crippen molar-refractivity contribution in [1.82, 2.24) is 19.9 Å². The maximum absolute atomic E-state index is 15.0. The molecule has 0 radical (unpaired) electrons. The van der Waals surface area contributed by atoms with Gasteiger partial charge in [-0.15, -0.1) is 11.3 Å². The summed E-state index contributed by atoms with van der Waals surface area (Å²) in [4.78, 5) is 32.4. The molecule has 188 valence electrons. The molecule has 1 unspecified atom stereocenters. The summed E-state index contributed by atoms with van der Waals surface area (Å²) in [7, 11) is 2.13. The van der Waals surface area contributed by atoms with Crippen LogP contribution in [0.4, 0.5) is 21.8 Å². The highest BCUT2D eigenvalue weighted by molar-refractivity contribution is 7.17. The van der Waals surface area contributed by atoms with E-state index in [1.165, 1.54) is 17.5 Å². The quantitative estimate of drug-likeness (QED) is 0.496. The lowest BCUT2D eigenvalue weighted by Crippen LogP contribution is -2.44. The number of aromatic nitrogens is 3. The highest BCUT2D eigenvalue weighted by Crippen LogP contribution is 2.45. The lowest BCUT2D eigenvalue weighted by molar-refractivity contribution is 0.0951. The molecule has 7 nitrogen and oxygen atoms in total. The minimum Gasteiger partial charge on any atom is -0.368 e. The summed E-state index contributed by atoms with van der Waals surface area (Å²) in [6, 6.07) is 3.91. The Hall–Kier alpha value is -3.17. The van der Waals surface area contributed by atoms with Crippen molar-refractivity contribution in [3.63, 3.8) is 0 Å². The molecule has 0 aromatic carbocycles.